The molecule has 0 aliphatic heterocycles. The van der Waals surface area contributed by atoms with E-state index in [1.165, 1.54) is 0 Å². The molecule has 0 radical (unpaired) electrons. The molecule has 0 aliphatic rings. The maximum absolute atomic E-state index is 12.1. The largest absolute Gasteiger partial charge is 0.507 e. The normalized spacial score (nSPS) is 12.9. The first kappa shape index (κ1) is 11.0. The minimum Gasteiger partial charge on any atom is -0.507 e. The van der Waals surface area contributed by atoms with Gasteiger partial charge in [-0.2, -0.15) is 0 Å². The van der Waals surface area contributed by atoms with Gasteiger partial charge in [-0.25, -0.2) is 0 Å². The van der Waals surface area contributed by atoms with Gasteiger partial charge in [0.1, 0.15) is 5.75 Å². The minimum atomic E-state index is -0.417. The van der Waals surface area contributed by atoms with Crippen LogP contribution in [0.5, 0.6) is 5.75 Å². The van der Waals surface area contributed by atoms with Crippen molar-refractivity contribution in [1.29, 1.82) is 0 Å². The predicted octanol–water partition coefficient (Wildman–Crippen LogP) is 2.37. The van der Waals surface area contributed by atoms with Gasteiger partial charge in [-0.05, 0) is 37.0 Å². The summed E-state index contributed by atoms with van der Waals surface area (Å²) >= 11 is 0. The van der Waals surface area contributed by atoms with Gasteiger partial charge in [0, 0.05) is 6.04 Å². The first-order valence-corrected chi connectivity index (χ1v) is 4.68. The maximum atomic E-state index is 12.1. The molecule has 1 aromatic rings. The lowest BCUT2D eigenvalue weighted by Crippen LogP contribution is -2.11. The van der Waals surface area contributed by atoms with Crippen LogP contribution in [0.4, 0.5) is 4.39 Å². The van der Waals surface area contributed by atoms with Crippen LogP contribution in [-0.2, 0) is 0 Å². The third kappa shape index (κ3) is 2.23. The fraction of sp³-hybridized carbons (Fsp3) is 0.455. The standard InChI is InChI=1S/C11H16FNO/c1-7-5-9(10(13)3-4-12)6-8(2)11(7)14/h5-6,10,14H,3-4,13H2,1-2H3/t10-/m0/s1. The van der Waals surface area contributed by atoms with E-state index in [2.05, 4.69) is 0 Å². The summed E-state index contributed by atoms with van der Waals surface area (Å²) in [4.78, 5) is 0. The van der Waals surface area contributed by atoms with Crippen LogP contribution in [0.1, 0.15) is 29.2 Å². The van der Waals surface area contributed by atoms with E-state index in [-0.39, 0.29) is 6.04 Å². The molecule has 1 aromatic carbocycles. The van der Waals surface area contributed by atoms with E-state index in [1.807, 2.05) is 26.0 Å². The molecule has 1 atom stereocenters. The molecule has 0 spiro atoms. The summed E-state index contributed by atoms with van der Waals surface area (Å²) in [5, 5.41) is 9.53. The Bertz CT molecular complexity index is 302. The quantitative estimate of drug-likeness (QED) is 0.781. The van der Waals surface area contributed by atoms with Crippen LogP contribution in [0, 0.1) is 13.8 Å². The average molecular weight is 197 g/mol. The molecule has 0 aromatic heterocycles. The number of rotatable bonds is 3. The number of aryl methyl sites for hydroxylation is 2. The van der Waals surface area contributed by atoms with Crippen molar-refractivity contribution in [3.63, 3.8) is 0 Å². The van der Waals surface area contributed by atoms with Crippen LogP contribution in [-0.4, -0.2) is 11.8 Å². The van der Waals surface area contributed by atoms with Gasteiger partial charge in [-0.1, -0.05) is 12.1 Å². The highest BCUT2D eigenvalue weighted by molar-refractivity contribution is 5.43. The number of alkyl halides is 1. The topological polar surface area (TPSA) is 46.2 Å². The van der Waals surface area contributed by atoms with E-state index in [0.29, 0.717) is 12.2 Å². The third-order valence-corrected chi connectivity index (χ3v) is 2.36. The summed E-state index contributed by atoms with van der Waals surface area (Å²) in [6, 6.07) is 3.34. The lowest BCUT2D eigenvalue weighted by molar-refractivity contribution is 0.440. The Balaban J connectivity index is 3.00. The molecule has 3 N–H and O–H groups in total. The van der Waals surface area contributed by atoms with Crippen molar-refractivity contribution in [1.82, 2.24) is 0 Å². The lowest BCUT2D eigenvalue weighted by atomic mass is 9.99. The highest BCUT2D eigenvalue weighted by Gasteiger charge is 2.09. The first-order chi connectivity index (χ1) is 6.56. The van der Waals surface area contributed by atoms with Gasteiger partial charge in [0.05, 0.1) is 6.67 Å². The number of phenols is 1. The van der Waals surface area contributed by atoms with Gasteiger partial charge in [0.15, 0.2) is 0 Å². The van der Waals surface area contributed by atoms with Crippen LogP contribution in [0.3, 0.4) is 0 Å². The first-order valence-electron chi connectivity index (χ1n) is 4.68. The average Bonchev–Trinajstić information content (AvgIpc) is 2.13. The second kappa shape index (κ2) is 4.42. The Morgan fingerprint density at radius 2 is 1.86 bits per heavy atom. The fourth-order valence-electron chi connectivity index (χ4n) is 1.49. The summed E-state index contributed by atoms with van der Waals surface area (Å²) in [7, 11) is 0. The molecule has 14 heavy (non-hydrogen) atoms. The van der Waals surface area contributed by atoms with Gasteiger partial charge < -0.3 is 10.8 Å². The molecule has 0 heterocycles. The molecule has 1 rings (SSSR count). The zero-order chi connectivity index (χ0) is 10.7. The Hall–Kier alpha value is -1.09. The van der Waals surface area contributed by atoms with Gasteiger partial charge >= 0.3 is 0 Å². The van der Waals surface area contributed by atoms with Crippen molar-refractivity contribution in [3.05, 3.63) is 28.8 Å². The van der Waals surface area contributed by atoms with E-state index >= 15 is 0 Å². The predicted molar refractivity (Wildman–Crippen MR) is 55.1 cm³/mol. The Morgan fingerprint density at radius 1 is 1.36 bits per heavy atom. The highest BCUT2D eigenvalue weighted by Crippen LogP contribution is 2.26. The van der Waals surface area contributed by atoms with Crippen molar-refractivity contribution < 1.29 is 9.50 Å². The number of hydrogen-bond acceptors (Lipinski definition) is 2. The molecule has 0 amide bonds. The van der Waals surface area contributed by atoms with Gasteiger partial charge in [0.25, 0.3) is 0 Å². The summed E-state index contributed by atoms with van der Waals surface area (Å²) in [5.74, 6) is 0.293. The van der Waals surface area contributed by atoms with Crippen LogP contribution >= 0.6 is 0 Å². The van der Waals surface area contributed by atoms with Crippen molar-refractivity contribution in [2.75, 3.05) is 6.67 Å². The van der Waals surface area contributed by atoms with E-state index in [1.54, 1.807) is 0 Å². The summed E-state index contributed by atoms with van der Waals surface area (Å²) in [5.41, 5.74) is 8.23. The van der Waals surface area contributed by atoms with Crippen molar-refractivity contribution in [2.45, 2.75) is 26.3 Å². The zero-order valence-corrected chi connectivity index (χ0v) is 8.55. The van der Waals surface area contributed by atoms with Crippen molar-refractivity contribution in [2.24, 2.45) is 5.73 Å². The van der Waals surface area contributed by atoms with Crippen LogP contribution < -0.4 is 5.73 Å². The van der Waals surface area contributed by atoms with Gasteiger partial charge in [0.2, 0.25) is 0 Å². The van der Waals surface area contributed by atoms with E-state index in [0.717, 1.165) is 16.7 Å². The smallest absolute Gasteiger partial charge is 0.121 e. The van der Waals surface area contributed by atoms with Crippen molar-refractivity contribution in [3.8, 4) is 5.75 Å². The summed E-state index contributed by atoms with van der Waals surface area (Å²) < 4.78 is 12.1. The summed E-state index contributed by atoms with van der Waals surface area (Å²) in [6.45, 7) is 3.21. The Kier molecular flexibility index (Phi) is 3.47. The molecular formula is C11H16FNO. The van der Waals surface area contributed by atoms with Crippen LogP contribution in [0.15, 0.2) is 12.1 Å². The van der Waals surface area contributed by atoms with Gasteiger partial charge in [-0.15, -0.1) is 0 Å². The molecule has 78 valence electrons. The molecule has 0 unspecified atom stereocenters. The van der Waals surface area contributed by atoms with Crippen LogP contribution in [0.25, 0.3) is 0 Å². The lowest BCUT2D eigenvalue weighted by Gasteiger charge is -2.13. The second-order valence-corrected chi connectivity index (χ2v) is 3.59. The van der Waals surface area contributed by atoms with E-state index in [9.17, 15) is 9.50 Å². The zero-order valence-electron chi connectivity index (χ0n) is 8.55. The molecular weight excluding hydrogens is 181 g/mol. The number of halogens is 1. The minimum absolute atomic E-state index is 0.280. The maximum Gasteiger partial charge on any atom is 0.121 e. The molecule has 0 aliphatic carbocycles. The molecule has 2 nitrogen and oxygen atoms in total. The van der Waals surface area contributed by atoms with E-state index < -0.39 is 6.67 Å². The molecule has 0 saturated carbocycles. The number of aromatic hydroxyl groups is 1. The third-order valence-electron chi connectivity index (χ3n) is 2.36. The highest BCUT2D eigenvalue weighted by atomic mass is 19.1. The molecule has 0 saturated heterocycles. The SMILES string of the molecule is Cc1cc([C@@H](N)CCF)cc(C)c1O. The Labute approximate surface area is 83.6 Å². The summed E-state index contributed by atoms with van der Waals surface area (Å²) in [6.07, 6.45) is 0.323. The fourth-order valence-corrected chi connectivity index (χ4v) is 1.49. The molecule has 3 heteroatoms. The van der Waals surface area contributed by atoms with Crippen LogP contribution in [0.2, 0.25) is 0 Å². The second-order valence-electron chi connectivity index (χ2n) is 3.59. The van der Waals surface area contributed by atoms with Gasteiger partial charge in [-0.3, -0.25) is 4.39 Å². The number of hydrogen-bond donors (Lipinski definition) is 2. The Morgan fingerprint density at radius 3 is 2.29 bits per heavy atom. The molecule has 0 bridgehead atoms. The number of benzene rings is 1. The van der Waals surface area contributed by atoms with E-state index in [4.69, 9.17) is 5.73 Å². The van der Waals surface area contributed by atoms with Crippen molar-refractivity contribution >= 4 is 0 Å². The monoisotopic (exact) mass is 197 g/mol. The molecule has 0 fully saturated rings. The number of nitrogens with two attached hydrogens (primary N) is 1. The number of phenolic OH excluding ortho intramolecular Hbond substituents is 1.